The fourth-order valence-corrected chi connectivity index (χ4v) is 5.25. The van der Waals surface area contributed by atoms with Crippen LogP contribution in [0.15, 0.2) is 24.3 Å². The first-order valence-electron chi connectivity index (χ1n) is 7.54. The Morgan fingerprint density at radius 2 is 2.00 bits per heavy atom. The molecule has 2 atom stereocenters. The summed E-state index contributed by atoms with van der Waals surface area (Å²) in [6.45, 7) is 4.99. The van der Waals surface area contributed by atoms with Crippen LogP contribution < -0.4 is 5.32 Å². The summed E-state index contributed by atoms with van der Waals surface area (Å²) in [6.07, 6.45) is 3.84. The predicted octanol–water partition coefficient (Wildman–Crippen LogP) is 2.83. The van der Waals surface area contributed by atoms with Crippen molar-refractivity contribution >= 4 is 9.84 Å². The van der Waals surface area contributed by atoms with Gasteiger partial charge < -0.3 is 5.32 Å². The van der Waals surface area contributed by atoms with E-state index < -0.39 is 9.84 Å². The molecule has 0 aromatic heterocycles. The lowest BCUT2D eigenvalue weighted by molar-refractivity contribution is 0.504. The highest BCUT2D eigenvalue weighted by Gasteiger charge is 2.36. The second kappa shape index (κ2) is 6.72. The van der Waals surface area contributed by atoms with Gasteiger partial charge in [0, 0.05) is 6.04 Å². The normalized spacial score (nSPS) is 23.1. The lowest BCUT2D eigenvalue weighted by Gasteiger charge is -2.21. The van der Waals surface area contributed by atoms with Crippen LogP contribution in [0.2, 0.25) is 0 Å². The molecule has 1 aliphatic rings. The molecule has 1 saturated carbocycles. The number of rotatable bonds is 6. The van der Waals surface area contributed by atoms with E-state index in [1.54, 1.807) is 0 Å². The predicted molar refractivity (Wildman–Crippen MR) is 83.5 cm³/mol. The van der Waals surface area contributed by atoms with Gasteiger partial charge in [0.2, 0.25) is 0 Å². The molecular formula is C16H25NO2S. The maximum atomic E-state index is 12.7. The zero-order valence-corrected chi connectivity index (χ0v) is 13.2. The SMILES string of the molecule is CCCNC1CCCC1S(=O)(=O)Cc1ccccc1C. The van der Waals surface area contributed by atoms with Crippen LogP contribution in [0, 0.1) is 6.92 Å². The minimum Gasteiger partial charge on any atom is -0.313 e. The molecule has 2 unspecified atom stereocenters. The molecule has 0 bridgehead atoms. The van der Waals surface area contributed by atoms with Gasteiger partial charge in [0.1, 0.15) is 0 Å². The molecule has 3 nitrogen and oxygen atoms in total. The van der Waals surface area contributed by atoms with E-state index in [1.165, 1.54) is 0 Å². The summed E-state index contributed by atoms with van der Waals surface area (Å²) in [5.41, 5.74) is 2.00. The van der Waals surface area contributed by atoms with Gasteiger partial charge in [-0.2, -0.15) is 0 Å². The van der Waals surface area contributed by atoms with Crippen molar-refractivity contribution in [3.05, 3.63) is 35.4 Å². The molecule has 0 radical (unpaired) electrons. The Kier molecular flexibility index (Phi) is 5.22. The molecule has 112 valence electrons. The Morgan fingerprint density at radius 3 is 2.70 bits per heavy atom. The summed E-state index contributed by atoms with van der Waals surface area (Å²) in [6, 6.07) is 7.91. The van der Waals surface area contributed by atoms with Gasteiger partial charge in [-0.05, 0) is 43.9 Å². The van der Waals surface area contributed by atoms with Gasteiger partial charge in [-0.3, -0.25) is 0 Å². The Bertz CT molecular complexity index is 539. The third kappa shape index (κ3) is 3.61. The van der Waals surface area contributed by atoms with E-state index in [2.05, 4.69) is 12.2 Å². The van der Waals surface area contributed by atoms with E-state index >= 15 is 0 Å². The lowest BCUT2D eigenvalue weighted by atomic mass is 10.1. The van der Waals surface area contributed by atoms with E-state index in [0.717, 1.165) is 43.4 Å². The average Bonchev–Trinajstić information content (AvgIpc) is 2.88. The summed E-state index contributed by atoms with van der Waals surface area (Å²) < 4.78 is 25.4. The number of hydrogen-bond acceptors (Lipinski definition) is 3. The van der Waals surface area contributed by atoms with Crippen molar-refractivity contribution in [2.45, 2.75) is 56.6 Å². The Balaban J connectivity index is 2.11. The van der Waals surface area contributed by atoms with E-state index in [1.807, 2.05) is 31.2 Å². The van der Waals surface area contributed by atoms with Gasteiger partial charge in [0.05, 0.1) is 11.0 Å². The minimum atomic E-state index is -3.08. The molecule has 20 heavy (non-hydrogen) atoms. The van der Waals surface area contributed by atoms with Crippen molar-refractivity contribution in [3.63, 3.8) is 0 Å². The summed E-state index contributed by atoms with van der Waals surface area (Å²) in [7, 11) is -3.08. The zero-order chi connectivity index (χ0) is 14.6. The molecule has 1 fully saturated rings. The van der Waals surface area contributed by atoms with Gasteiger partial charge in [-0.15, -0.1) is 0 Å². The Hall–Kier alpha value is -0.870. The first-order valence-corrected chi connectivity index (χ1v) is 9.25. The van der Waals surface area contributed by atoms with Crippen molar-refractivity contribution in [3.8, 4) is 0 Å². The second-order valence-corrected chi connectivity index (χ2v) is 7.98. The van der Waals surface area contributed by atoms with Crippen molar-refractivity contribution < 1.29 is 8.42 Å². The standard InChI is InChI=1S/C16H25NO2S/c1-3-11-17-15-9-6-10-16(15)20(18,19)12-14-8-5-4-7-13(14)2/h4-5,7-8,15-17H,3,6,9-12H2,1-2H3. The molecule has 1 aromatic carbocycles. The highest BCUT2D eigenvalue weighted by atomic mass is 32.2. The van der Waals surface area contributed by atoms with Gasteiger partial charge in [-0.1, -0.05) is 37.6 Å². The zero-order valence-electron chi connectivity index (χ0n) is 12.4. The lowest BCUT2D eigenvalue weighted by Crippen LogP contribution is -2.41. The molecule has 0 spiro atoms. The van der Waals surface area contributed by atoms with Crippen LogP contribution in [0.5, 0.6) is 0 Å². The van der Waals surface area contributed by atoms with E-state index in [-0.39, 0.29) is 17.0 Å². The third-order valence-electron chi connectivity index (χ3n) is 4.19. The first kappa shape index (κ1) is 15.5. The number of sulfone groups is 1. The molecule has 1 aliphatic carbocycles. The van der Waals surface area contributed by atoms with E-state index in [0.29, 0.717) is 0 Å². The molecule has 1 N–H and O–H groups in total. The topological polar surface area (TPSA) is 46.2 Å². The summed E-state index contributed by atoms with van der Waals surface area (Å²) >= 11 is 0. The minimum absolute atomic E-state index is 0.143. The van der Waals surface area contributed by atoms with Crippen LogP contribution in [-0.4, -0.2) is 26.3 Å². The second-order valence-electron chi connectivity index (χ2n) is 5.76. The molecule has 0 saturated heterocycles. The van der Waals surface area contributed by atoms with Crippen LogP contribution in [0.3, 0.4) is 0 Å². The van der Waals surface area contributed by atoms with Crippen molar-refractivity contribution in [1.82, 2.24) is 5.32 Å². The van der Waals surface area contributed by atoms with Crippen LogP contribution in [0.25, 0.3) is 0 Å². The van der Waals surface area contributed by atoms with Crippen molar-refractivity contribution in [2.24, 2.45) is 0 Å². The van der Waals surface area contributed by atoms with Gasteiger partial charge >= 0.3 is 0 Å². The van der Waals surface area contributed by atoms with Crippen molar-refractivity contribution in [2.75, 3.05) is 6.54 Å². The number of hydrogen-bond donors (Lipinski definition) is 1. The molecule has 0 heterocycles. The summed E-state index contributed by atoms with van der Waals surface area (Å²) in [4.78, 5) is 0. The van der Waals surface area contributed by atoms with Crippen LogP contribution in [0.4, 0.5) is 0 Å². The third-order valence-corrected chi connectivity index (χ3v) is 6.39. The van der Waals surface area contributed by atoms with Crippen LogP contribution in [-0.2, 0) is 15.6 Å². The maximum Gasteiger partial charge on any atom is 0.158 e. The fraction of sp³-hybridized carbons (Fsp3) is 0.625. The number of nitrogens with one attached hydrogen (secondary N) is 1. The highest BCUT2D eigenvalue weighted by Crippen LogP contribution is 2.28. The first-order chi connectivity index (χ1) is 9.54. The summed E-state index contributed by atoms with van der Waals surface area (Å²) in [5.74, 6) is 0.175. The fourth-order valence-electron chi connectivity index (χ4n) is 3.01. The smallest absolute Gasteiger partial charge is 0.158 e. The van der Waals surface area contributed by atoms with Crippen LogP contribution in [0.1, 0.15) is 43.7 Å². The Labute approximate surface area is 122 Å². The average molecular weight is 295 g/mol. The maximum absolute atomic E-state index is 12.7. The highest BCUT2D eigenvalue weighted by molar-refractivity contribution is 7.91. The number of benzene rings is 1. The molecule has 0 amide bonds. The van der Waals surface area contributed by atoms with Crippen molar-refractivity contribution in [1.29, 1.82) is 0 Å². The molecule has 2 rings (SSSR count). The molecule has 1 aromatic rings. The van der Waals surface area contributed by atoms with Crippen LogP contribution >= 0.6 is 0 Å². The quantitative estimate of drug-likeness (QED) is 0.878. The number of aryl methyl sites for hydroxylation is 1. The molecular weight excluding hydrogens is 270 g/mol. The Morgan fingerprint density at radius 1 is 1.25 bits per heavy atom. The van der Waals surface area contributed by atoms with E-state index in [9.17, 15) is 8.42 Å². The van der Waals surface area contributed by atoms with Gasteiger partial charge in [-0.25, -0.2) is 8.42 Å². The van der Waals surface area contributed by atoms with Gasteiger partial charge in [0.25, 0.3) is 0 Å². The largest absolute Gasteiger partial charge is 0.313 e. The molecule has 4 heteroatoms. The summed E-state index contributed by atoms with van der Waals surface area (Å²) in [5, 5.41) is 3.19. The monoisotopic (exact) mass is 295 g/mol. The molecule has 0 aliphatic heterocycles. The van der Waals surface area contributed by atoms with E-state index in [4.69, 9.17) is 0 Å². The van der Waals surface area contributed by atoms with Gasteiger partial charge in [0.15, 0.2) is 9.84 Å².